The number of benzene rings is 2. The van der Waals surface area contributed by atoms with Crippen molar-refractivity contribution in [3.05, 3.63) is 71.3 Å². The van der Waals surface area contributed by atoms with Gasteiger partial charge in [-0.05, 0) is 36.6 Å². The lowest BCUT2D eigenvalue weighted by molar-refractivity contribution is -0.130. The number of hydrogen-bond acceptors (Lipinski definition) is 8. The Labute approximate surface area is 235 Å². The predicted octanol–water partition coefficient (Wildman–Crippen LogP) is 2.13. The number of hydroxylamine groups is 2. The summed E-state index contributed by atoms with van der Waals surface area (Å²) in [5.74, 6) is -2.14. The second kappa shape index (κ2) is 14.7. The van der Waals surface area contributed by atoms with Crippen LogP contribution in [-0.4, -0.2) is 80.0 Å². The first-order valence-electron chi connectivity index (χ1n) is 12.4. The molecule has 14 heteroatoms. The molecule has 0 fully saturated rings. The maximum absolute atomic E-state index is 14.7. The summed E-state index contributed by atoms with van der Waals surface area (Å²) in [6, 6.07) is 11.4. The molecule has 2 aromatic carbocycles. The lowest BCUT2D eigenvalue weighted by atomic mass is 10.0. The van der Waals surface area contributed by atoms with Gasteiger partial charge >= 0.3 is 6.03 Å². The number of carbonyl (C=O) groups excluding carboxylic acids is 3. The van der Waals surface area contributed by atoms with Crippen LogP contribution in [0.3, 0.4) is 0 Å². The average molecular weight is 579 g/mol. The summed E-state index contributed by atoms with van der Waals surface area (Å²) in [6.45, 7) is 0.227. The van der Waals surface area contributed by atoms with E-state index in [0.717, 1.165) is 35.0 Å². The van der Waals surface area contributed by atoms with Crippen molar-refractivity contribution in [2.75, 3.05) is 47.0 Å². The molecule has 4 amide bonds. The van der Waals surface area contributed by atoms with Gasteiger partial charge in [0, 0.05) is 32.2 Å². The van der Waals surface area contributed by atoms with Crippen LogP contribution in [0.15, 0.2) is 53.6 Å². The number of ether oxygens (including phenoxy) is 1. The Bertz CT molecular complexity index is 1220. The molecular weight excluding hydrogens is 546 g/mol. The Balaban J connectivity index is 1.78. The number of nitrogens with two attached hydrogens (primary N) is 1. The molecule has 216 valence electrons. The molecule has 1 aliphatic rings. The molecule has 1 atom stereocenters. The van der Waals surface area contributed by atoms with Crippen molar-refractivity contribution < 1.29 is 32.7 Å². The van der Waals surface area contributed by atoms with Gasteiger partial charge in [-0.1, -0.05) is 42.1 Å². The average Bonchev–Trinajstić information content (AvgIpc) is 3.35. The van der Waals surface area contributed by atoms with E-state index in [2.05, 4.69) is 15.7 Å². The fraction of sp³-hybridized carbons (Fsp3) is 0.385. The quantitative estimate of drug-likeness (QED) is 0.245. The van der Waals surface area contributed by atoms with E-state index in [-0.39, 0.29) is 42.7 Å². The molecule has 3 rings (SSSR count). The Hall–Kier alpha value is -3.59. The first kappa shape index (κ1) is 30.9. The van der Waals surface area contributed by atoms with Gasteiger partial charge < -0.3 is 21.1 Å². The van der Waals surface area contributed by atoms with E-state index < -0.39 is 28.4 Å². The highest BCUT2D eigenvalue weighted by Crippen LogP contribution is 2.50. The highest BCUT2D eigenvalue weighted by atomic mass is 32.2. The van der Waals surface area contributed by atoms with Crippen LogP contribution < -0.4 is 16.4 Å². The molecule has 1 heterocycles. The molecule has 1 aliphatic heterocycles. The molecule has 0 radical (unpaired) electrons. The van der Waals surface area contributed by atoms with Crippen LogP contribution in [0.25, 0.3) is 0 Å². The zero-order chi connectivity index (χ0) is 29.1. The minimum Gasteiger partial charge on any atom is -0.362 e. The normalized spacial score (nSPS) is 16.4. The lowest BCUT2D eigenvalue weighted by Crippen LogP contribution is -2.47. The molecular formula is C26H32F2N6O5S. The van der Waals surface area contributed by atoms with Gasteiger partial charge in [-0.2, -0.15) is 10.1 Å². The lowest BCUT2D eigenvalue weighted by Gasteiger charge is -2.37. The van der Waals surface area contributed by atoms with Crippen LogP contribution in [0.4, 0.5) is 13.6 Å². The molecule has 11 nitrogen and oxygen atoms in total. The van der Waals surface area contributed by atoms with Crippen LogP contribution in [-0.2, 0) is 24.0 Å². The van der Waals surface area contributed by atoms with E-state index in [1.165, 1.54) is 19.2 Å². The third-order valence-electron chi connectivity index (χ3n) is 5.85. The molecule has 40 heavy (non-hydrogen) atoms. The Morgan fingerprint density at radius 2 is 1.75 bits per heavy atom. The highest BCUT2D eigenvalue weighted by molar-refractivity contribution is 8.15. The van der Waals surface area contributed by atoms with Crippen molar-refractivity contribution in [3.8, 4) is 0 Å². The summed E-state index contributed by atoms with van der Waals surface area (Å²) in [7, 11) is 2.73. The summed E-state index contributed by atoms with van der Waals surface area (Å²) in [5.41, 5.74) is 5.92. The number of halogens is 2. The van der Waals surface area contributed by atoms with Crippen molar-refractivity contribution in [3.63, 3.8) is 0 Å². The highest BCUT2D eigenvalue weighted by Gasteiger charge is 2.49. The summed E-state index contributed by atoms with van der Waals surface area (Å²) >= 11 is 1.11. The molecule has 0 bridgehead atoms. The first-order chi connectivity index (χ1) is 19.2. The number of thioether (sulfide) groups is 1. The number of amides is 4. The number of nitrogens with one attached hydrogen (secondary N) is 2. The van der Waals surface area contributed by atoms with E-state index >= 15 is 0 Å². The first-order valence-corrected chi connectivity index (χ1v) is 13.2. The van der Waals surface area contributed by atoms with Crippen LogP contribution in [0, 0.1) is 11.6 Å². The van der Waals surface area contributed by atoms with E-state index in [9.17, 15) is 23.2 Å². The fourth-order valence-corrected chi connectivity index (χ4v) is 5.28. The third-order valence-corrected chi connectivity index (χ3v) is 7.30. The number of carbonyl (C=O) groups is 3. The predicted molar refractivity (Wildman–Crippen MR) is 146 cm³/mol. The zero-order valence-corrected chi connectivity index (χ0v) is 23.0. The summed E-state index contributed by atoms with van der Waals surface area (Å²) in [6.07, 6.45) is 0.650. The molecule has 0 saturated carbocycles. The molecule has 0 aromatic heterocycles. The maximum atomic E-state index is 14.7. The van der Waals surface area contributed by atoms with Crippen molar-refractivity contribution in [1.29, 1.82) is 0 Å². The molecule has 2 aromatic rings. The van der Waals surface area contributed by atoms with Crippen molar-refractivity contribution >= 4 is 34.7 Å². The summed E-state index contributed by atoms with van der Waals surface area (Å²) in [4.78, 5) is 41.1. The van der Waals surface area contributed by atoms with Crippen molar-refractivity contribution in [1.82, 2.24) is 20.7 Å². The van der Waals surface area contributed by atoms with Gasteiger partial charge in [0.05, 0.1) is 7.11 Å². The summed E-state index contributed by atoms with van der Waals surface area (Å²) < 4.78 is 33.9. The van der Waals surface area contributed by atoms with E-state index in [1.54, 1.807) is 12.1 Å². The van der Waals surface area contributed by atoms with Gasteiger partial charge in [0.2, 0.25) is 11.8 Å². The minimum absolute atomic E-state index is 0.0818. The monoisotopic (exact) mass is 578 g/mol. The van der Waals surface area contributed by atoms with Crippen LogP contribution in [0.2, 0.25) is 0 Å². The van der Waals surface area contributed by atoms with Crippen LogP contribution >= 0.6 is 11.8 Å². The zero-order valence-electron chi connectivity index (χ0n) is 22.2. The molecule has 4 N–H and O–H groups in total. The minimum atomic E-state index is -1.17. The van der Waals surface area contributed by atoms with Gasteiger partial charge in [-0.15, -0.1) is 0 Å². The van der Waals surface area contributed by atoms with E-state index in [4.69, 9.17) is 15.3 Å². The number of hydrazone groups is 1. The van der Waals surface area contributed by atoms with Gasteiger partial charge in [-0.3, -0.25) is 14.4 Å². The topological polar surface area (TPSA) is 139 Å². The summed E-state index contributed by atoms with van der Waals surface area (Å²) in [5, 5.41) is 12.0. The Kier molecular flexibility index (Phi) is 11.4. The number of rotatable bonds is 13. The van der Waals surface area contributed by atoms with Crippen molar-refractivity contribution in [2.24, 2.45) is 10.8 Å². The second-order valence-corrected chi connectivity index (χ2v) is 9.91. The smallest absolute Gasteiger partial charge is 0.362 e. The molecule has 0 saturated heterocycles. The molecule has 0 unspecified atom stereocenters. The number of urea groups is 1. The van der Waals surface area contributed by atoms with Crippen LogP contribution in [0.5, 0.6) is 0 Å². The standard InChI is InChI=1S/C26H32F2N6O5S/c1-33(38-2)25(37)34-26(18-7-4-3-5-8-18,40-24(32-34)20-15-19(27)9-10-21(20)28)11-6-13-30-22(35)16-39-17-23(36)31-14-12-29/h3-5,7-10,15H,6,11-14,16-17,29H2,1-2H3,(H,30,35)(H,31,36)/t26-/m0/s1. The maximum Gasteiger partial charge on any atom is 0.365 e. The van der Waals surface area contributed by atoms with Gasteiger partial charge in [-0.25, -0.2) is 18.6 Å². The van der Waals surface area contributed by atoms with Gasteiger partial charge in [0.25, 0.3) is 0 Å². The van der Waals surface area contributed by atoms with Crippen LogP contribution in [0.1, 0.15) is 24.0 Å². The van der Waals surface area contributed by atoms with Crippen molar-refractivity contribution in [2.45, 2.75) is 17.7 Å². The SMILES string of the molecule is CON(C)C(=O)N1N=C(c2cc(F)ccc2F)S[C@@]1(CCCNC(=O)COCC(=O)NCCN)c1ccccc1. The number of hydrogen-bond donors (Lipinski definition) is 3. The van der Waals surface area contributed by atoms with E-state index in [1.807, 2.05) is 18.2 Å². The Morgan fingerprint density at radius 3 is 2.40 bits per heavy atom. The van der Waals surface area contributed by atoms with Gasteiger partial charge in [0.15, 0.2) is 0 Å². The number of nitrogens with zero attached hydrogens (tertiary/aromatic N) is 3. The second-order valence-electron chi connectivity index (χ2n) is 8.64. The molecule has 0 aliphatic carbocycles. The van der Waals surface area contributed by atoms with E-state index in [0.29, 0.717) is 25.1 Å². The van der Waals surface area contributed by atoms with Gasteiger partial charge in [0.1, 0.15) is 34.8 Å². The Morgan fingerprint density at radius 1 is 1.07 bits per heavy atom. The third kappa shape index (κ3) is 7.75. The largest absolute Gasteiger partial charge is 0.365 e. The molecule has 0 spiro atoms. The fourth-order valence-electron chi connectivity index (χ4n) is 3.86.